The number of piperidine rings is 1. The number of amides is 1. The first-order valence-corrected chi connectivity index (χ1v) is 13.2. The van der Waals surface area contributed by atoms with Crippen molar-refractivity contribution in [2.45, 2.75) is 51.3 Å². The van der Waals surface area contributed by atoms with Crippen LogP contribution in [0.1, 0.15) is 54.3 Å². The molecule has 0 unspecified atom stereocenters. The van der Waals surface area contributed by atoms with Crippen molar-refractivity contribution in [3.63, 3.8) is 0 Å². The lowest BCUT2D eigenvalue weighted by molar-refractivity contribution is -0.0734. The average molecular weight is 516 g/mol. The van der Waals surface area contributed by atoms with Crippen LogP contribution in [0.2, 0.25) is 0 Å². The third-order valence-electron chi connectivity index (χ3n) is 7.58. The molecule has 9 nitrogen and oxygen atoms in total. The van der Waals surface area contributed by atoms with E-state index in [-0.39, 0.29) is 5.69 Å². The van der Waals surface area contributed by atoms with Crippen LogP contribution in [0.15, 0.2) is 53.3 Å². The second kappa shape index (κ2) is 9.65. The molecule has 0 radical (unpaired) electrons. The van der Waals surface area contributed by atoms with E-state index in [2.05, 4.69) is 15.2 Å². The van der Waals surface area contributed by atoms with Gasteiger partial charge in [0.2, 0.25) is 5.89 Å². The first-order valence-electron chi connectivity index (χ1n) is 13.2. The number of likely N-dealkylation sites (tertiary alicyclic amines) is 1. The number of fused-ring (bicyclic) bond motifs is 1. The first kappa shape index (κ1) is 24.8. The molecule has 2 aliphatic heterocycles. The molecule has 198 valence electrons. The van der Waals surface area contributed by atoms with Gasteiger partial charge in [0.25, 0.3) is 5.91 Å². The fourth-order valence-corrected chi connectivity index (χ4v) is 5.31. The van der Waals surface area contributed by atoms with Crippen molar-refractivity contribution in [1.29, 1.82) is 0 Å². The number of rotatable bonds is 6. The number of nitrogens with one attached hydrogen (secondary N) is 1. The lowest BCUT2D eigenvalue weighted by atomic mass is 9.95. The Bertz CT molecular complexity index is 1470. The number of ether oxygens (including phenoxy) is 1. The Balaban J connectivity index is 1.24. The van der Waals surface area contributed by atoms with E-state index < -0.39 is 11.5 Å². The van der Waals surface area contributed by atoms with Gasteiger partial charge in [0, 0.05) is 41.5 Å². The van der Waals surface area contributed by atoms with E-state index in [0.717, 1.165) is 61.2 Å². The fraction of sp³-hybridized carbons (Fsp3) is 0.414. The van der Waals surface area contributed by atoms with Gasteiger partial charge >= 0.3 is 0 Å². The average Bonchev–Trinajstić information content (AvgIpc) is 3.50. The monoisotopic (exact) mass is 515 g/mol. The third kappa shape index (κ3) is 4.84. The van der Waals surface area contributed by atoms with Crippen LogP contribution in [0, 0.1) is 6.92 Å². The van der Waals surface area contributed by atoms with Crippen LogP contribution < -0.4 is 5.32 Å². The maximum absolute atomic E-state index is 13.2. The van der Waals surface area contributed by atoms with E-state index in [9.17, 15) is 9.90 Å². The number of hydrogen-bond donors (Lipinski definition) is 2. The number of carbonyl (C=O) groups excluding carboxylic acids is 1. The highest BCUT2D eigenvalue weighted by Crippen LogP contribution is 2.34. The third-order valence-corrected chi connectivity index (χ3v) is 7.58. The molecule has 2 fully saturated rings. The summed E-state index contributed by atoms with van der Waals surface area (Å²) in [4.78, 5) is 20.1. The summed E-state index contributed by atoms with van der Waals surface area (Å²) in [6, 6.07) is 12.4. The largest absolute Gasteiger partial charge is 0.444 e. The van der Waals surface area contributed by atoms with Crippen molar-refractivity contribution in [2.24, 2.45) is 0 Å². The number of hydrogen-bond acceptors (Lipinski definition) is 7. The molecule has 0 saturated carbocycles. The standard InChI is InChI=1S/C29H33N5O4/c1-18-5-4-6-19(11-18)28-31-26(17-38-28)27(35)30-25-12-20-14-34(32-24(20)13-23(25)29(2,3)36)21-7-9-33(10-8-21)22-15-37-16-22/h4-6,11-14,17,21-22,36H,7-10,15-16H2,1-3H3,(H,30,35). The van der Waals surface area contributed by atoms with Crippen LogP contribution in [0.4, 0.5) is 5.69 Å². The first-order chi connectivity index (χ1) is 18.2. The number of nitrogens with zero attached hydrogens (tertiary/aromatic N) is 4. The zero-order valence-electron chi connectivity index (χ0n) is 22.0. The van der Waals surface area contributed by atoms with Gasteiger partial charge in [-0.1, -0.05) is 17.7 Å². The molecule has 0 atom stereocenters. The predicted octanol–water partition coefficient (Wildman–Crippen LogP) is 4.52. The van der Waals surface area contributed by atoms with Crippen LogP contribution in [0.25, 0.3) is 22.4 Å². The zero-order valence-corrected chi connectivity index (χ0v) is 22.0. The molecular weight excluding hydrogens is 482 g/mol. The molecule has 0 aliphatic carbocycles. The number of anilines is 1. The molecule has 1 amide bonds. The predicted molar refractivity (Wildman–Crippen MR) is 144 cm³/mol. The number of aliphatic hydroxyl groups is 1. The Morgan fingerprint density at radius 3 is 2.61 bits per heavy atom. The number of carbonyl (C=O) groups is 1. The van der Waals surface area contributed by atoms with Crippen molar-refractivity contribution in [1.82, 2.24) is 19.7 Å². The smallest absolute Gasteiger partial charge is 0.277 e. The second-order valence-corrected chi connectivity index (χ2v) is 10.9. The summed E-state index contributed by atoms with van der Waals surface area (Å²) in [5, 5.41) is 19.6. The van der Waals surface area contributed by atoms with Crippen molar-refractivity contribution in [3.8, 4) is 11.5 Å². The van der Waals surface area contributed by atoms with E-state index in [1.54, 1.807) is 13.8 Å². The fourth-order valence-electron chi connectivity index (χ4n) is 5.31. The summed E-state index contributed by atoms with van der Waals surface area (Å²) in [5.41, 5.74) is 2.77. The number of aromatic nitrogens is 3. The van der Waals surface area contributed by atoms with Crippen LogP contribution in [-0.2, 0) is 10.3 Å². The summed E-state index contributed by atoms with van der Waals surface area (Å²) >= 11 is 0. The summed E-state index contributed by atoms with van der Waals surface area (Å²) in [6.07, 6.45) is 5.46. The molecule has 0 spiro atoms. The molecule has 0 bridgehead atoms. The maximum Gasteiger partial charge on any atom is 0.277 e. The lowest BCUT2D eigenvalue weighted by Crippen LogP contribution is -2.51. The van der Waals surface area contributed by atoms with E-state index >= 15 is 0 Å². The molecule has 6 rings (SSSR count). The highest BCUT2D eigenvalue weighted by molar-refractivity contribution is 6.04. The SMILES string of the molecule is Cc1cccc(-c2nc(C(=O)Nc3cc4cn(C5CCN(C6COC6)CC5)nc4cc3C(C)(C)O)co2)c1. The summed E-state index contributed by atoms with van der Waals surface area (Å²) in [5.74, 6) is -0.0218. The highest BCUT2D eigenvalue weighted by atomic mass is 16.5. The molecule has 9 heteroatoms. The lowest BCUT2D eigenvalue weighted by Gasteiger charge is -2.41. The summed E-state index contributed by atoms with van der Waals surface area (Å²) < 4.78 is 13.0. The minimum atomic E-state index is -1.19. The van der Waals surface area contributed by atoms with Crippen molar-refractivity contribution in [3.05, 3.63) is 65.7 Å². The molecule has 38 heavy (non-hydrogen) atoms. The molecule has 2 aromatic carbocycles. The molecular formula is C29H33N5O4. The van der Waals surface area contributed by atoms with Gasteiger partial charge < -0.3 is 19.6 Å². The van der Waals surface area contributed by atoms with Crippen molar-refractivity contribution < 1.29 is 19.1 Å². The molecule has 2 saturated heterocycles. The van der Waals surface area contributed by atoms with Gasteiger partial charge in [0.05, 0.1) is 36.4 Å². The van der Waals surface area contributed by atoms with E-state index in [0.29, 0.717) is 29.2 Å². The van der Waals surface area contributed by atoms with E-state index in [1.807, 2.05) is 54.2 Å². The second-order valence-electron chi connectivity index (χ2n) is 10.9. The van der Waals surface area contributed by atoms with E-state index in [4.69, 9.17) is 14.3 Å². The molecule has 2 aromatic heterocycles. The van der Waals surface area contributed by atoms with Crippen LogP contribution in [-0.4, -0.2) is 63.0 Å². The van der Waals surface area contributed by atoms with E-state index in [1.165, 1.54) is 6.26 Å². The normalized spacial score (nSPS) is 17.6. The Morgan fingerprint density at radius 2 is 1.92 bits per heavy atom. The minimum absolute atomic E-state index is 0.169. The number of aryl methyl sites for hydroxylation is 1. The molecule has 2 N–H and O–H groups in total. The molecule has 4 heterocycles. The molecule has 2 aliphatic rings. The van der Waals surface area contributed by atoms with Gasteiger partial charge in [-0.2, -0.15) is 5.10 Å². The summed E-state index contributed by atoms with van der Waals surface area (Å²) in [6.45, 7) is 9.14. The van der Waals surface area contributed by atoms with Gasteiger partial charge in [0.1, 0.15) is 6.26 Å². The Morgan fingerprint density at radius 1 is 1.13 bits per heavy atom. The van der Waals surface area contributed by atoms with Gasteiger partial charge in [-0.05, 0) is 57.9 Å². The zero-order chi connectivity index (χ0) is 26.4. The minimum Gasteiger partial charge on any atom is -0.444 e. The Kier molecular flexibility index (Phi) is 6.29. The number of benzene rings is 2. The quantitative estimate of drug-likeness (QED) is 0.389. The summed E-state index contributed by atoms with van der Waals surface area (Å²) in [7, 11) is 0. The Labute approximate surface area is 221 Å². The van der Waals surface area contributed by atoms with Crippen molar-refractivity contribution in [2.75, 3.05) is 31.6 Å². The van der Waals surface area contributed by atoms with Gasteiger partial charge in [-0.15, -0.1) is 0 Å². The van der Waals surface area contributed by atoms with Crippen LogP contribution in [0.5, 0.6) is 0 Å². The van der Waals surface area contributed by atoms with Crippen LogP contribution >= 0.6 is 0 Å². The topological polar surface area (TPSA) is 106 Å². The van der Waals surface area contributed by atoms with Gasteiger partial charge in [0.15, 0.2) is 5.69 Å². The van der Waals surface area contributed by atoms with Crippen molar-refractivity contribution >= 4 is 22.5 Å². The maximum atomic E-state index is 13.2. The highest BCUT2D eigenvalue weighted by Gasteiger charge is 2.31. The van der Waals surface area contributed by atoms with Gasteiger partial charge in [-0.25, -0.2) is 4.98 Å². The Hall–Kier alpha value is -3.53. The molecule has 4 aromatic rings. The number of oxazole rings is 1. The van der Waals surface area contributed by atoms with Gasteiger partial charge in [-0.3, -0.25) is 14.4 Å². The van der Waals surface area contributed by atoms with Crippen LogP contribution in [0.3, 0.4) is 0 Å².